The molecule has 2 atom stereocenters. The van der Waals surface area contributed by atoms with Gasteiger partial charge in [0.25, 0.3) is 5.56 Å². The van der Waals surface area contributed by atoms with Crippen LogP contribution in [0.25, 0.3) is 5.57 Å². The lowest BCUT2D eigenvalue weighted by atomic mass is 9.92. The van der Waals surface area contributed by atoms with Crippen molar-refractivity contribution in [2.75, 3.05) is 22.1 Å². The molecule has 1 aromatic carbocycles. The lowest BCUT2D eigenvalue weighted by Crippen LogP contribution is -2.41. The third-order valence-corrected chi connectivity index (χ3v) is 5.98. The van der Waals surface area contributed by atoms with Gasteiger partial charge in [0.05, 0.1) is 11.5 Å². The first kappa shape index (κ1) is 20.8. The van der Waals surface area contributed by atoms with E-state index in [0.717, 1.165) is 36.9 Å². The fraction of sp³-hybridized carbons (Fsp3) is 0.391. The van der Waals surface area contributed by atoms with Crippen LogP contribution in [-0.2, 0) is 9.59 Å². The van der Waals surface area contributed by atoms with E-state index in [1.54, 1.807) is 12.1 Å². The average molecular weight is 422 g/mol. The van der Waals surface area contributed by atoms with Gasteiger partial charge in [0.15, 0.2) is 0 Å². The van der Waals surface area contributed by atoms with Crippen LogP contribution < -0.4 is 21.1 Å². The summed E-state index contributed by atoms with van der Waals surface area (Å²) in [4.78, 5) is 47.7. The number of fused-ring (bicyclic) bond motifs is 1. The molecule has 2 aromatic rings. The lowest BCUT2D eigenvalue weighted by Gasteiger charge is -2.34. The summed E-state index contributed by atoms with van der Waals surface area (Å²) in [5, 5.41) is 5.49. The number of nitrogens with one attached hydrogen (secondary N) is 3. The number of piperidine rings is 1. The molecule has 3 heterocycles. The molecule has 0 spiro atoms. The van der Waals surface area contributed by atoms with E-state index in [1.807, 2.05) is 24.0 Å². The Labute approximate surface area is 180 Å². The number of H-pyrrole nitrogens is 1. The molecular formula is C23H27N5O3. The quantitative estimate of drug-likeness (QED) is 0.703. The number of carbonyl (C=O) groups excluding carboxylic acids is 2. The maximum absolute atomic E-state index is 13.0. The minimum atomic E-state index is -0.909. The molecule has 0 saturated carbocycles. The highest BCUT2D eigenvalue weighted by Crippen LogP contribution is 2.31. The number of rotatable bonds is 4. The smallest absolute Gasteiger partial charge is 0.258 e. The van der Waals surface area contributed by atoms with Gasteiger partial charge < -0.3 is 15.5 Å². The molecule has 1 fully saturated rings. The number of amides is 2. The summed E-state index contributed by atoms with van der Waals surface area (Å²) in [7, 11) is 0. The Hall–Kier alpha value is -3.42. The van der Waals surface area contributed by atoms with Crippen molar-refractivity contribution in [1.82, 2.24) is 9.97 Å². The highest BCUT2D eigenvalue weighted by atomic mass is 16.2. The Bertz CT molecular complexity index is 1090. The summed E-state index contributed by atoms with van der Waals surface area (Å²) in [5.41, 5.74) is 2.29. The summed E-state index contributed by atoms with van der Waals surface area (Å²) in [6.45, 7) is 8.69. The van der Waals surface area contributed by atoms with Crippen molar-refractivity contribution in [2.45, 2.75) is 51.5 Å². The van der Waals surface area contributed by atoms with E-state index >= 15 is 0 Å². The van der Waals surface area contributed by atoms with Crippen LogP contribution in [0.1, 0.15) is 56.6 Å². The molecule has 0 unspecified atom stereocenters. The number of benzene rings is 1. The van der Waals surface area contributed by atoms with Gasteiger partial charge in [-0.15, -0.1) is 0 Å². The number of anilines is 3. The van der Waals surface area contributed by atoms with Crippen molar-refractivity contribution in [3.05, 3.63) is 52.3 Å². The number of hydrogen-bond donors (Lipinski definition) is 3. The van der Waals surface area contributed by atoms with E-state index < -0.39 is 17.4 Å². The van der Waals surface area contributed by atoms with Crippen LogP contribution in [0, 0.1) is 0 Å². The molecule has 2 aliphatic rings. The van der Waals surface area contributed by atoms with Crippen molar-refractivity contribution in [1.29, 1.82) is 0 Å². The molecule has 162 valence electrons. The van der Waals surface area contributed by atoms with Gasteiger partial charge in [-0.25, -0.2) is 0 Å². The van der Waals surface area contributed by atoms with Crippen LogP contribution in [0.5, 0.6) is 0 Å². The Morgan fingerprint density at radius 3 is 2.65 bits per heavy atom. The molecule has 0 aliphatic carbocycles. The third kappa shape index (κ3) is 4.23. The minimum absolute atomic E-state index is 0.104. The maximum Gasteiger partial charge on any atom is 0.258 e. The van der Waals surface area contributed by atoms with Gasteiger partial charge in [0.2, 0.25) is 17.8 Å². The van der Waals surface area contributed by atoms with Crippen LogP contribution in [-0.4, -0.2) is 34.4 Å². The second kappa shape index (κ2) is 8.37. The highest BCUT2D eigenvalue weighted by Gasteiger charge is 2.35. The molecular weight excluding hydrogens is 394 g/mol. The Kier molecular flexibility index (Phi) is 5.63. The van der Waals surface area contributed by atoms with Crippen molar-refractivity contribution < 1.29 is 9.59 Å². The predicted molar refractivity (Wildman–Crippen MR) is 121 cm³/mol. The topological polar surface area (TPSA) is 107 Å². The number of allylic oxidation sites excluding steroid dienone is 1. The van der Waals surface area contributed by atoms with Crippen LogP contribution in [0.2, 0.25) is 0 Å². The van der Waals surface area contributed by atoms with Crippen LogP contribution >= 0.6 is 0 Å². The molecule has 8 heteroatoms. The Morgan fingerprint density at radius 2 is 1.97 bits per heavy atom. The second-order valence-electron chi connectivity index (χ2n) is 8.34. The lowest BCUT2D eigenvalue weighted by molar-refractivity contribution is -0.123. The Morgan fingerprint density at radius 1 is 1.23 bits per heavy atom. The standard InChI is InChI=1S/C23H27N5O3/c1-13(2)15-7-9-16(10-8-15)24-21(30)17-12-18(29)25-20-19(17)22(31)27-23(26-20)28-11-5-4-6-14(28)3/h7-10,14,17H,1,4-6,11-12H2,2-3H3,(H,24,30)(H2,25,26,27,29,31)/t14-,17+/m1/s1. The molecule has 2 amide bonds. The van der Waals surface area contributed by atoms with E-state index in [1.165, 1.54) is 0 Å². The summed E-state index contributed by atoms with van der Waals surface area (Å²) in [6, 6.07) is 7.51. The number of carbonyl (C=O) groups is 2. The van der Waals surface area contributed by atoms with Gasteiger partial charge in [-0.2, -0.15) is 4.98 Å². The van der Waals surface area contributed by atoms with Gasteiger partial charge in [-0.05, 0) is 50.8 Å². The van der Waals surface area contributed by atoms with E-state index in [4.69, 9.17) is 0 Å². The van der Waals surface area contributed by atoms with Crippen molar-refractivity contribution in [3.63, 3.8) is 0 Å². The highest BCUT2D eigenvalue weighted by molar-refractivity contribution is 6.04. The van der Waals surface area contributed by atoms with E-state index in [0.29, 0.717) is 11.6 Å². The third-order valence-electron chi connectivity index (χ3n) is 5.98. The van der Waals surface area contributed by atoms with Crippen molar-refractivity contribution in [3.8, 4) is 0 Å². The zero-order chi connectivity index (χ0) is 22.1. The molecule has 4 rings (SSSR count). The molecule has 2 aliphatic heterocycles. The summed E-state index contributed by atoms with van der Waals surface area (Å²) in [5.74, 6) is -1.04. The predicted octanol–water partition coefficient (Wildman–Crippen LogP) is 3.25. The van der Waals surface area contributed by atoms with Gasteiger partial charge >= 0.3 is 0 Å². The van der Waals surface area contributed by atoms with Gasteiger partial charge in [0, 0.05) is 24.7 Å². The largest absolute Gasteiger partial charge is 0.340 e. The minimum Gasteiger partial charge on any atom is -0.340 e. The molecule has 3 N–H and O–H groups in total. The molecule has 8 nitrogen and oxygen atoms in total. The normalized spacial score (nSPS) is 20.6. The number of aromatic amines is 1. The monoisotopic (exact) mass is 421 g/mol. The fourth-order valence-corrected chi connectivity index (χ4v) is 4.20. The van der Waals surface area contributed by atoms with Gasteiger partial charge in [-0.1, -0.05) is 24.3 Å². The number of hydrogen-bond acceptors (Lipinski definition) is 5. The fourth-order valence-electron chi connectivity index (χ4n) is 4.20. The van der Waals surface area contributed by atoms with E-state index in [9.17, 15) is 14.4 Å². The van der Waals surface area contributed by atoms with Crippen molar-refractivity contribution >= 4 is 34.8 Å². The molecule has 31 heavy (non-hydrogen) atoms. The Balaban J connectivity index is 1.62. The van der Waals surface area contributed by atoms with Crippen LogP contribution in [0.15, 0.2) is 35.6 Å². The van der Waals surface area contributed by atoms with Crippen LogP contribution in [0.3, 0.4) is 0 Å². The van der Waals surface area contributed by atoms with Crippen molar-refractivity contribution in [2.24, 2.45) is 0 Å². The van der Waals surface area contributed by atoms with E-state index in [2.05, 4.69) is 34.1 Å². The van der Waals surface area contributed by atoms with Crippen LogP contribution in [0.4, 0.5) is 17.5 Å². The molecule has 0 radical (unpaired) electrons. The van der Waals surface area contributed by atoms with E-state index in [-0.39, 0.29) is 29.8 Å². The maximum atomic E-state index is 13.0. The zero-order valence-electron chi connectivity index (χ0n) is 17.8. The molecule has 1 saturated heterocycles. The molecule has 0 bridgehead atoms. The first-order valence-electron chi connectivity index (χ1n) is 10.6. The second-order valence-corrected chi connectivity index (χ2v) is 8.34. The molecule has 1 aromatic heterocycles. The first-order valence-corrected chi connectivity index (χ1v) is 10.6. The first-order chi connectivity index (χ1) is 14.8. The van der Waals surface area contributed by atoms with Gasteiger partial charge in [0.1, 0.15) is 5.82 Å². The number of aromatic nitrogens is 2. The summed E-state index contributed by atoms with van der Waals surface area (Å²) < 4.78 is 0. The zero-order valence-corrected chi connectivity index (χ0v) is 17.8. The SMILES string of the molecule is C=C(C)c1ccc(NC(=O)[C@H]2CC(=O)Nc3nc(N4CCCC[C@H]4C)[nH]c(=O)c32)cc1. The summed E-state index contributed by atoms with van der Waals surface area (Å²) >= 11 is 0. The van der Waals surface area contributed by atoms with Gasteiger partial charge in [-0.3, -0.25) is 19.4 Å². The average Bonchev–Trinajstić information content (AvgIpc) is 2.73. The summed E-state index contributed by atoms with van der Waals surface area (Å²) in [6.07, 6.45) is 3.07. The number of nitrogens with zero attached hydrogens (tertiary/aromatic N) is 2.